The van der Waals surface area contributed by atoms with E-state index in [4.69, 9.17) is 28.7 Å². The van der Waals surface area contributed by atoms with Crippen LogP contribution in [-0.2, 0) is 9.47 Å². The van der Waals surface area contributed by atoms with Crippen molar-refractivity contribution in [2.45, 2.75) is 104 Å². The molecule has 3 atom stereocenters. The van der Waals surface area contributed by atoms with E-state index in [0.29, 0.717) is 39.3 Å². The average Bonchev–Trinajstić information content (AvgIpc) is 3.40. The summed E-state index contributed by atoms with van der Waals surface area (Å²) in [6.07, 6.45) is 18.0. The van der Waals surface area contributed by atoms with E-state index < -0.39 is 11.2 Å². The molecule has 0 aromatic heterocycles. The Labute approximate surface area is 262 Å². The van der Waals surface area contributed by atoms with Gasteiger partial charge in [0.15, 0.2) is 0 Å². The van der Waals surface area contributed by atoms with Crippen LogP contribution in [0.2, 0.25) is 0 Å². The van der Waals surface area contributed by atoms with Crippen molar-refractivity contribution in [2.75, 3.05) is 65.4 Å². The summed E-state index contributed by atoms with van der Waals surface area (Å²) in [5.74, 6) is 7.95. The Morgan fingerprint density at radius 1 is 0.651 bits per heavy atom. The second-order valence-electron chi connectivity index (χ2n) is 13.6. The van der Waals surface area contributed by atoms with Gasteiger partial charge >= 0.3 is 12.2 Å². The Balaban J connectivity index is 0.000000345. The van der Waals surface area contributed by atoms with E-state index in [0.717, 1.165) is 13.1 Å². The van der Waals surface area contributed by atoms with Crippen molar-refractivity contribution in [3.05, 3.63) is 0 Å². The molecular formula is C34H57N5O4. The van der Waals surface area contributed by atoms with Crippen LogP contribution in [0.5, 0.6) is 0 Å². The van der Waals surface area contributed by atoms with Gasteiger partial charge in [0, 0.05) is 50.8 Å². The maximum atomic E-state index is 12.0. The lowest BCUT2D eigenvalue weighted by molar-refractivity contribution is -0.00427. The summed E-state index contributed by atoms with van der Waals surface area (Å²) in [7, 11) is 0. The molecular weight excluding hydrogens is 542 g/mol. The zero-order valence-electron chi connectivity index (χ0n) is 28.3. The molecule has 3 heterocycles. The number of carbonyl (C=O) groups is 2. The summed E-state index contributed by atoms with van der Waals surface area (Å²) in [6.45, 7) is 25.6. The number of nitrogens with zero attached hydrogens (tertiary/aromatic N) is 5. The highest BCUT2D eigenvalue weighted by molar-refractivity contribution is 5.68. The number of carbonyl (C=O) groups excluding carboxylic acids is 2. The first-order chi connectivity index (χ1) is 20.0. The molecule has 0 aromatic carbocycles. The Bertz CT molecular complexity index is 979. The quantitative estimate of drug-likeness (QED) is 0.450. The SMILES string of the molecule is C#CCN1C(C)CN(C(=O)OC(C)(C)C)CC1C.C#CCN1CCCC1.C#CCN1CCN(C(=O)OC(C)(C)C)CC1C. The van der Waals surface area contributed by atoms with E-state index in [9.17, 15) is 9.59 Å². The monoisotopic (exact) mass is 599 g/mol. The summed E-state index contributed by atoms with van der Waals surface area (Å²) < 4.78 is 10.7. The van der Waals surface area contributed by atoms with E-state index in [1.54, 1.807) is 9.80 Å². The van der Waals surface area contributed by atoms with Crippen molar-refractivity contribution in [2.24, 2.45) is 0 Å². The highest BCUT2D eigenvalue weighted by Crippen LogP contribution is 2.18. The first-order valence-electron chi connectivity index (χ1n) is 15.5. The molecule has 0 aromatic rings. The minimum Gasteiger partial charge on any atom is -0.444 e. The number of terminal acetylenes is 3. The summed E-state index contributed by atoms with van der Waals surface area (Å²) in [5.41, 5.74) is -0.879. The smallest absolute Gasteiger partial charge is 0.410 e. The molecule has 0 saturated carbocycles. The Kier molecular flexibility index (Phi) is 16.0. The normalized spacial score (nSPS) is 23.3. The molecule has 9 heteroatoms. The first kappa shape index (κ1) is 38.1. The summed E-state index contributed by atoms with van der Waals surface area (Å²) in [6, 6.07) is 0.807. The number of hydrogen-bond acceptors (Lipinski definition) is 7. The van der Waals surface area contributed by atoms with Gasteiger partial charge in [-0.15, -0.1) is 19.3 Å². The maximum Gasteiger partial charge on any atom is 0.410 e. The molecule has 9 nitrogen and oxygen atoms in total. The van der Waals surface area contributed by atoms with Crippen LogP contribution in [0.1, 0.15) is 75.2 Å². The zero-order chi connectivity index (χ0) is 32.8. The molecule has 43 heavy (non-hydrogen) atoms. The number of hydrogen-bond donors (Lipinski definition) is 0. The van der Waals surface area contributed by atoms with Crippen LogP contribution >= 0.6 is 0 Å². The predicted octanol–water partition coefficient (Wildman–Crippen LogP) is 4.23. The summed E-state index contributed by atoms with van der Waals surface area (Å²) >= 11 is 0. The summed E-state index contributed by atoms with van der Waals surface area (Å²) in [4.78, 5) is 34.1. The van der Waals surface area contributed by atoms with Crippen molar-refractivity contribution >= 4 is 12.2 Å². The van der Waals surface area contributed by atoms with Crippen molar-refractivity contribution in [3.63, 3.8) is 0 Å². The van der Waals surface area contributed by atoms with Crippen LogP contribution in [0.3, 0.4) is 0 Å². The molecule has 3 aliphatic rings. The van der Waals surface area contributed by atoms with Gasteiger partial charge in [0.2, 0.25) is 0 Å². The molecule has 242 valence electrons. The molecule has 3 aliphatic heterocycles. The molecule has 3 unspecified atom stereocenters. The molecule has 2 amide bonds. The van der Waals surface area contributed by atoms with Gasteiger partial charge in [0.25, 0.3) is 0 Å². The van der Waals surface area contributed by atoms with Crippen LogP contribution in [0.15, 0.2) is 0 Å². The standard InChI is InChI=1S/C14H24N2O2.C13H22N2O2.C7H11N/c1-7-8-16-11(2)9-15(10-12(16)3)13(17)18-14(4,5)6;1-6-7-14-8-9-15(10-11(14)2)12(16)17-13(3,4)5;1-2-5-8-6-3-4-7-8/h1,11-12H,8-10H2,2-6H3;1,11H,7-10H2,2-5H3;1H,3-7H2. The first-order valence-corrected chi connectivity index (χ1v) is 15.5. The lowest BCUT2D eigenvalue weighted by Crippen LogP contribution is -2.58. The third-order valence-electron chi connectivity index (χ3n) is 7.25. The molecule has 0 aliphatic carbocycles. The van der Waals surface area contributed by atoms with Crippen LogP contribution in [0.25, 0.3) is 0 Å². The minimum absolute atomic E-state index is 0.232. The second-order valence-corrected chi connectivity index (χ2v) is 13.6. The highest BCUT2D eigenvalue weighted by atomic mass is 16.6. The molecule has 0 spiro atoms. The molecule has 3 rings (SSSR count). The highest BCUT2D eigenvalue weighted by Gasteiger charge is 2.33. The number of amides is 2. The van der Waals surface area contributed by atoms with Crippen LogP contribution < -0.4 is 0 Å². The van der Waals surface area contributed by atoms with Crippen molar-refractivity contribution in [1.82, 2.24) is 24.5 Å². The fourth-order valence-electron chi connectivity index (χ4n) is 5.16. The number of piperazine rings is 2. The fourth-order valence-corrected chi connectivity index (χ4v) is 5.16. The van der Waals surface area contributed by atoms with Gasteiger partial charge < -0.3 is 19.3 Å². The lowest BCUT2D eigenvalue weighted by atomic mass is 10.1. The Hall–Kier alpha value is -2.90. The van der Waals surface area contributed by atoms with E-state index >= 15 is 0 Å². The van der Waals surface area contributed by atoms with E-state index in [-0.39, 0.29) is 30.3 Å². The maximum absolute atomic E-state index is 12.0. The largest absolute Gasteiger partial charge is 0.444 e. The minimum atomic E-state index is -0.445. The lowest BCUT2D eigenvalue weighted by Gasteiger charge is -2.43. The molecule has 0 N–H and O–H groups in total. The topological polar surface area (TPSA) is 68.8 Å². The van der Waals surface area contributed by atoms with Crippen molar-refractivity contribution in [3.8, 4) is 37.0 Å². The van der Waals surface area contributed by atoms with Gasteiger partial charge in [0.05, 0.1) is 19.6 Å². The molecule has 3 fully saturated rings. The molecule has 0 radical (unpaired) electrons. The molecule has 0 bridgehead atoms. The molecule has 3 saturated heterocycles. The van der Waals surface area contributed by atoms with Crippen LogP contribution in [-0.4, -0.2) is 131 Å². The third kappa shape index (κ3) is 14.9. The van der Waals surface area contributed by atoms with Gasteiger partial charge in [-0.2, -0.15) is 0 Å². The summed E-state index contributed by atoms with van der Waals surface area (Å²) in [5, 5.41) is 0. The van der Waals surface area contributed by atoms with Crippen LogP contribution in [0.4, 0.5) is 9.59 Å². The van der Waals surface area contributed by atoms with E-state index in [1.165, 1.54) is 25.9 Å². The Morgan fingerprint density at radius 3 is 1.51 bits per heavy atom. The number of likely N-dealkylation sites (tertiary alicyclic amines) is 1. The van der Waals surface area contributed by atoms with Crippen molar-refractivity contribution in [1.29, 1.82) is 0 Å². The predicted molar refractivity (Wildman–Crippen MR) is 174 cm³/mol. The van der Waals surface area contributed by atoms with Gasteiger partial charge in [-0.3, -0.25) is 14.7 Å². The number of ether oxygens (including phenoxy) is 2. The van der Waals surface area contributed by atoms with Crippen molar-refractivity contribution < 1.29 is 19.1 Å². The second kappa shape index (κ2) is 18.0. The fraction of sp³-hybridized carbons (Fsp3) is 0.765. The van der Waals surface area contributed by atoms with Gasteiger partial charge in [-0.25, -0.2) is 9.59 Å². The number of rotatable bonds is 3. The van der Waals surface area contributed by atoms with E-state index in [1.807, 2.05) is 41.5 Å². The zero-order valence-corrected chi connectivity index (χ0v) is 28.3. The Morgan fingerprint density at radius 2 is 1.09 bits per heavy atom. The van der Waals surface area contributed by atoms with Gasteiger partial charge in [-0.05, 0) is 88.2 Å². The van der Waals surface area contributed by atoms with E-state index in [2.05, 4.69) is 53.2 Å². The average molecular weight is 600 g/mol. The third-order valence-corrected chi connectivity index (χ3v) is 7.25. The van der Waals surface area contributed by atoms with Gasteiger partial charge in [-0.1, -0.05) is 17.8 Å². The van der Waals surface area contributed by atoms with Crippen LogP contribution in [0, 0.1) is 37.0 Å². The van der Waals surface area contributed by atoms with Gasteiger partial charge in [0.1, 0.15) is 11.2 Å².